The van der Waals surface area contributed by atoms with Crippen LogP contribution in [0.15, 0.2) is 18.2 Å². The molecule has 1 aromatic rings. The average Bonchev–Trinajstić information content (AvgIpc) is 2.39. The Balaban J connectivity index is 2.80. The fourth-order valence-corrected chi connectivity index (χ4v) is 1.56. The third-order valence-electron chi connectivity index (χ3n) is 2.87. The molecule has 104 valence electrons. The summed E-state index contributed by atoms with van der Waals surface area (Å²) in [6.07, 6.45) is 0. The fourth-order valence-electron chi connectivity index (χ4n) is 1.56. The standard InChI is InChI=1S/C13H18FN3O2/c1-4-17(3)13(19)8(2)16-12(18)9-6-5-7-10(14)11(9)15/h5-8H,4,15H2,1-3H3,(H,16,18). The van der Waals surface area contributed by atoms with Crippen molar-refractivity contribution in [1.82, 2.24) is 10.2 Å². The molecule has 2 amide bonds. The Morgan fingerprint density at radius 2 is 2.11 bits per heavy atom. The number of carbonyl (C=O) groups is 2. The molecule has 3 N–H and O–H groups in total. The Bertz CT molecular complexity index is 491. The van der Waals surface area contributed by atoms with E-state index in [1.165, 1.54) is 23.1 Å². The number of hydrogen-bond donors (Lipinski definition) is 2. The van der Waals surface area contributed by atoms with Crippen LogP contribution in [-0.2, 0) is 4.79 Å². The monoisotopic (exact) mass is 267 g/mol. The smallest absolute Gasteiger partial charge is 0.254 e. The molecule has 5 nitrogen and oxygen atoms in total. The number of nitrogens with two attached hydrogens (primary N) is 1. The second-order valence-corrected chi connectivity index (χ2v) is 4.25. The van der Waals surface area contributed by atoms with Crippen molar-refractivity contribution < 1.29 is 14.0 Å². The Morgan fingerprint density at radius 3 is 2.68 bits per heavy atom. The highest BCUT2D eigenvalue weighted by Gasteiger charge is 2.20. The number of likely N-dealkylation sites (N-methyl/N-ethyl adjacent to an activating group) is 1. The van der Waals surface area contributed by atoms with Gasteiger partial charge in [-0.3, -0.25) is 9.59 Å². The second kappa shape index (κ2) is 6.17. The Hall–Kier alpha value is -2.11. The van der Waals surface area contributed by atoms with Crippen LogP contribution in [-0.4, -0.2) is 36.3 Å². The van der Waals surface area contributed by atoms with E-state index in [9.17, 15) is 14.0 Å². The lowest BCUT2D eigenvalue weighted by Crippen LogP contribution is -2.45. The van der Waals surface area contributed by atoms with Gasteiger partial charge < -0.3 is 16.0 Å². The molecule has 19 heavy (non-hydrogen) atoms. The van der Waals surface area contributed by atoms with Crippen molar-refractivity contribution in [2.75, 3.05) is 19.3 Å². The summed E-state index contributed by atoms with van der Waals surface area (Å²) in [5.74, 6) is -1.44. The van der Waals surface area contributed by atoms with Gasteiger partial charge in [0.25, 0.3) is 5.91 Å². The average molecular weight is 267 g/mol. The van der Waals surface area contributed by atoms with Crippen LogP contribution in [0.5, 0.6) is 0 Å². The zero-order valence-corrected chi connectivity index (χ0v) is 11.2. The SMILES string of the molecule is CCN(C)C(=O)C(C)NC(=O)c1cccc(F)c1N. The fraction of sp³-hybridized carbons (Fsp3) is 0.385. The van der Waals surface area contributed by atoms with Gasteiger partial charge in [0.05, 0.1) is 11.3 Å². The molecule has 0 aliphatic heterocycles. The molecular formula is C13H18FN3O2. The van der Waals surface area contributed by atoms with E-state index in [0.717, 1.165) is 0 Å². The molecule has 0 bridgehead atoms. The summed E-state index contributed by atoms with van der Waals surface area (Å²) in [6.45, 7) is 3.94. The largest absolute Gasteiger partial charge is 0.396 e. The molecule has 1 unspecified atom stereocenters. The number of nitrogens with one attached hydrogen (secondary N) is 1. The van der Waals surface area contributed by atoms with E-state index < -0.39 is 17.8 Å². The summed E-state index contributed by atoms with van der Waals surface area (Å²) >= 11 is 0. The van der Waals surface area contributed by atoms with Gasteiger partial charge >= 0.3 is 0 Å². The number of hydrogen-bond acceptors (Lipinski definition) is 3. The summed E-state index contributed by atoms with van der Waals surface area (Å²) in [5, 5.41) is 2.50. The molecule has 0 fully saturated rings. The molecule has 0 aliphatic carbocycles. The first-order valence-corrected chi connectivity index (χ1v) is 5.98. The van der Waals surface area contributed by atoms with Crippen LogP contribution < -0.4 is 11.1 Å². The van der Waals surface area contributed by atoms with Gasteiger partial charge in [-0.1, -0.05) is 6.07 Å². The Labute approximate surface area is 111 Å². The van der Waals surface area contributed by atoms with Crippen LogP contribution in [0.4, 0.5) is 10.1 Å². The van der Waals surface area contributed by atoms with Crippen molar-refractivity contribution in [2.45, 2.75) is 19.9 Å². The van der Waals surface area contributed by atoms with Crippen LogP contribution in [0.1, 0.15) is 24.2 Å². The van der Waals surface area contributed by atoms with Gasteiger partial charge in [0.15, 0.2) is 0 Å². The van der Waals surface area contributed by atoms with E-state index >= 15 is 0 Å². The minimum Gasteiger partial charge on any atom is -0.396 e. The Morgan fingerprint density at radius 1 is 1.47 bits per heavy atom. The zero-order chi connectivity index (χ0) is 14.6. The lowest BCUT2D eigenvalue weighted by molar-refractivity contribution is -0.131. The van der Waals surface area contributed by atoms with E-state index in [1.807, 2.05) is 6.92 Å². The minimum atomic E-state index is -0.694. The maximum absolute atomic E-state index is 13.2. The quantitative estimate of drug-likeness (QED) is 0.799. The summed E-state index contributed by atoms with van der Waals surface area (Å²) in [6, 6.07) is 3.28. The third kappa shape index (κ3) is 3.43. The van der Waals surface area contributed by atoms with Gasteiger partial charge in [-0.15, -0.1) is 0 Å². The predicted octanol–water partition coefficient (Wildman–Crippen LogP) is 1.00. The summed E-state index contributed by atoms with van der Waals surface area (Å²) in [7, 11) is 1.64. The number of para-hydroxylation sites is 1. The second-order valence-electron chi connectivity index (χ2n) is 4.25. The highest BCUT2D eigenvalue weighted by Crippen LogP contribution is 2.15. The molecule has 6 heteroatoms. The summed E-state index contributed by atoms with van der Waals surface area (Å²) < 4.78 is 13.2. The summed E-state index contributed by atoms with van der Waals surface area (Å²) in [5.41, 5.74) is 5.30. The molecule has 1 aromatic carbocycles. The van der Waals surface area contributed by atoms with Crippen LogP contribution in [0, 0.1) is 5.82 Å². The van der Waals surface area contributed by atoms with Gasteiger partial charge in [0.1, 0.15) is 11.9 Å². The number of amides is 2. The Kier molecular flexibility index (Phi) is 4.86. The molecule has 1 atom stereocenters. The van der Waals surface area contributed by atoms with Crippen molar-refractivity contribution in [1.29, 1.82) is 0 Å². The molecule has 0 saturated carbocycles. The number of nitrogen functional groups attached to an aromatic ring is 1. The number of rotatable bonds is 4. The number of carbonyl (C=O) groups excluding carboxylic acids is 2. The molecule has 0 aromatic heterocycles. The first-order valence-electron chi connectivity index (χ1n) is 5.98. The normalized spacial score (nSPS) is 11.8. The number of anilines is 1. The van der Waals surface area contributed by atoms with E-state index in [1.54, 1.807) is 14.0 Å². The highest BCUT2D eigenvalue weighted by atomic mass is 19.1. The molecule has 0 aliphatic rings. The van der Waals surface area contributed by atoms with Gasteiger partial charge in [0.2, 0.25) is 5.91 Å². The van der Waals surface area contributed by atoms with E-state index in [2.05, 4.69) is 5.32 Å². The van der Waals surface area contributed by atoms with Gasteiger partial charge in [0, 0.05) is 13.6 Å². The highest BCUT2D eigenvalue weighted by molar-refractivity contribution is 6.01. The van der Waals surface area contributed by atoms with Crippen LogP contribution in [0.25, 0.3) is 0 Å². The van der Waals surface area contributed by atoms with Crippen molar-refractivity contribution >= 4 is 17.5 Å². The third-order valence-corrected chi connectivity index (χ3v) is 2.87. The van der Waals surface area contributed by atoms with Crippen LogP contribution in [0.2, 0.25) is 0 Å². The van der Waals surface area contributed by atoms with Gasteiger partial charge in [-0.2, -0.15) is 0 Å². The molecule has 0 saturated heterocycles. The minimum absolute atomic E-state index is 0.0267. The maximum atomic E-state index is 13.2. The first kappa shape index (κ1) is 14.9. The van der Waals surface area contributed by atoms with E-state index in [-0.39, 0.29) is 17.2 Å². The topological polar surface area (TPSA) is 75.4 Å². The molecule has 0 radical (unpaired) electrons. The summed E-state index contributed by atoms with van der Waals surface area (Å²) in [4.78, 5) is 25.2. The van der Waals surface area contributed by atoms with Gasteiger partial charge in [-0.05, 0) is 26.0 Å². The maximum Gasteiger partial charge on any atom is 0.254 e. The van der Waals surface area contributed by atoms with Crippen LogP contribution >= 0.6 is 0 Å². The number of nitrogens with zero attached hydrogens (tertiary/aromatic N) is 1. The van der Waals surface area contributed by atoms with Crippen molar-refractivity contribution in [3.8, 4) is 0 Å². The van der Waals surface area contributed by atoms with E-state index in [0.29, 0.717) is 6.54 Å². The predicted molar refractivity (Wildman–Crippen MR) is 71.1 cm³/mol. The van der Waals surface area contributed by atoms with Crippen molar-refractivity contribution in [3.63, 3.8) is 0 Å². The lowest BCUT2D eigenvalue weighted by Gasteiger charge is -2.20. The van der Waals surface area contributed by atoms with Crippen molar-refractivity contribution in [2.24, 2.45) is 0 Å². The number of halogens is 1. The molecule has 0 heterocycles. The van der Waals surface area contributed by atoms with Gasteiger partial charge in [-0.25, -0.2) is 4.39 Å². The molecule has 0 spiro atoms. The number of benzene rings is 1. The zero-order valence-electron chi connectivity index (χ0n) is 11.2. The van der Waals surface area contributed by atoms with Crippen LogP contribution in [0.3, 0.4) is 0 Å². The molecular weight excluding hydrogens is 249 g/mol. The van der Waals surface area contributed by atoms with E-state index in [4.69, 9.17) is 5.73 Å². The molecule has 1 rings (SSSR count). The van der Waals surface area contributed by atoms with Crippen molar-refractivity contribution in [3.05, 3.63) is 29.6 Å². The lowest BCUT2D eigenvalue weighted by atomic mass is 10.1. The first-order chi connectivity index (χ1) is 8.88.